The molecule has 0 saturated heterocycles. The van der Waals surface area contributed by atoms with Gasteiger partial charge in [-0.25, -0.2) is 0 Å². The molecule has 0 aromatic rings. The first-order valence-electron chi connectivity index (χ1n) is 13.1. The summed E-state index contributed by atoms with van der Waals surface area (Å²) in [4.78, 5) is 15.8. The number of hydrogen-bond acceptors (Lipinski definition) is 1. The van der Waals surface area contributed by atoms with Gasteiger partial charge in [-0.15, -0.1) is 0 Å². The second kappa shape index (κ2) is 22.6. The van der Waals surface area contributed by atoms with Gasteiger partial charge in [0, 0.05) is 29.2 Å². The first kappa shape index (κ1) is 30.4. The van der Waals surface area contributed by atoms with Gasteiger partial charge in [0.1, 0.15) is 0 Å². The molecule has 0 aromatic heterocycles. The third-order valence-corrected chi connectivity index (χ3v) is 8.91. The molecule has 2 nitrogen and oxygen atoms in total. The van der Waals surface area contributed by atoms with Crippen molar-refractivity contribution in [1.29, 1.82) is 0 Å². The zero-order valence-corrected chi connectivity index (χ0v) is 23.6. The smallest absolute Gasteiger partial charge is 0.222 e. The molecule has 0 saturated carbocycles. The lowest BCUT2D eigenvalue weighted by Crippen LogP contribution is -2.32. The second-order valence-corrected chi connectivity index (χ2v) is 11.3. The summed E-state index contributed by atoms with van der Waals surface area (Å²) in [6, 6.07) is 0. The van der Waals surface area contributed by atoms with E-state index in [4.69, 9.17) is 0 Å². The highest BCUT2D eigenvalue weighted by Crippen LogP contribution is 2.25. The molecular formula is C26H51Br2NO. The fourth-order valence-electron chi connectivity index (χ4n) is 3.84. The van der Waals surface area contributed by atoms with E-state index in [1.807, 2.05) is 0 Å². The van der Waals surface area contributed by atoms with Crippen molar-refractivity contribution in [2.75, 3.05) is 13.1 Å². The Bertz CT molecular complexity index is 370. The Morgan fingerprint density at radius 1 is 0.600 bits per heavy atom. The van der Waals surface area contributed by atoms with Crippen molar-refractivity contribution in [3.63, 3.8) is 0 Å². The maximum absolute atomic E-state index is 12.5. The van der Waals surface area contributed by atoms with Crippen LogP contribution < -0.4 is 0 Å². The van der Waals surface area contributed by atoms with E-state index in [9.17, 15) is 4.79 Å². The molecule has 1 amide bonds. The van der Waals surface area contributed by atoms with E-state index in [-0.39, 0.29) is 0 Å². The van der Waals surface area contributed by atoms with Gasteiger partial charge < -0.3 is 4.90 Å². The molecule has 0 fully saturated rings. The lowest BCUT2D eigenvalue weighted by Gasteiger charge is -2.22. The van der Waals surface area contributed by atoms with E-state index in [1.165, 1.54) is 89.9 Å². The average Bonchev–Trinajstić information content (AvgIpc) is 2.75. The third kappa shape index (κ3) is 18.0. The van der Waals surface area contributed by atoms with Crippen LogP contribution in [-0.2, 0) is 4.79 Å². The Morgan fingerprint density at radius 2 is 1.00 bits per heavy atom. The van der Waals surface area contributed by atoms with Crippen molar-refractivity contribution in [3.8, 4) is 0 Å². The van der Waals surface area contributed by atoms with Crippen LogP contribution in [0, 0.1) is 0 Å². The number of amides is 1. The highest BCUT2D eigenvalue weighted by molar-refractivity contribution is 9.12. The summed E-state index contributed by atoms with van der Waals surface area (Å²) in [5.74, 6) is 0.384. The summed E-state index contributed by atoms with van der Waals surface area (Å²) < 4.78 is 0. The van der Waals surface area contributed by atoms with Crippen molar-refractivity contribution in [2.24, 2.45) is 0 Å². The molecule has 0 radical (unpaired) electrons. The Labute approximate surface area is 206 Å². The predicted octanol–water partition coefficient (Wildman–Crippen LogP) is 9.42. The third-order valence-electron chi connectivity index (χ3n) is 6.01. The molecule has 2 unspecified atom stereocenters. The van der Waals surface area contributed by atoms with Crippen LogP contribution in [0.15, 0.2) is 0 Å². The lowest BCUT2D eigenvalue weighted by molar-refractivity contribution is -0.131. The zero-order valence-electron chi connectivity index (χ0n) is 20.4. The molecule has 0 heterocycles. The van der Waals surface area contributed by atoms with Crippen LogP contribution in [0.1, 0.15) is 136 Å². The fourth-order valence-corrected chi connectivity index (χ4v) is 5.02. The number of carbonyl (C=O) groups excluding carboxylic acids is 1. The van der Waals surface area contributed by atoms with Gasteiger partial charge in [-0.05, 0) is 32.1 Å². The molecule has 180 valence electrons. The predicted molar refractivity (Wildman–Crippen MR) is 142 cm³/mol. The number of carbonyl (C=O) groups is 1. The van der Waals surface area contributed by atoms with Crippen LogP contribution in [0.4, 0.5) is 0 Å². The Morgan fingerprint density at radius 3 is 1.47 bits per heavy atom. The molecular weight excluding hydrogens is 502 g/mol. The minimum absolute atomic E-state index is 0.384. The SMILES string of the molecule is CCCCCCCCC(Br)C(Br)CCCCCCCC(=O)N(CCCC)CCCC. The van der Waals surface area contributed by atoms with Gasteiger partial charge in [-0.3, -0.25) is 4.79 Å². The minimum atomic E-state index is 0.384. The van der Waals surface area contributed by atoms with E-state index >= 15 is 0 Å². The van der Waals surface area contributed by atoms with Crippen LogP contribution in [0.25, 0.3) is 0 Å². The number of alkyl halides is 2. The summed E-state index contributed by atoms with van der Waals surface area (Å²) in [5, 5.41) is 0. The number of rotatable bonds is 22. The van der Waals surface area contributed by atoms with Gasteiger partial charge in [0.2, 0.25) is 5.91 Å². The van der Waals surface area contributed by atoms with Gasteiger partial charge in [0.25, 0.3) is 0 Å². The maximum atomic E-state index is 12.5. The summed E-state index contributed by atoms with van der Waals surface area (Å²) in [5.41, 5.74) is 0. The quantitative estimate of drug-likeness (QED) is 0.0966. The monoisotopic (exact) mass is 551 g/mol. The summed E-state index contributed by atoms with van der Waals surface area (Å²) in [6.07, 6.45) is 22.3. The lowest BCUT2D eigenvalue weighted by atomic mass is 10.0. The number of halogens is 2. The molecule has 0 N–H and O–H groups in total. The summed E-state index contributed by atoms with van der Waals surface area (Å²) >= 11 is 7.80. The van der Waals surface area contributed by atoms with Crippen molar-refractivity contribution < 1.29 is 4.79 Å². The Balaban J connectivity index is 3.70. The second-order valence-electron chi connectivity index (χ2n) is 8.98. The van der Waals surface area contributed by atoms with Crippen LogP contribution in [0.5, 0.6) is 0 Å². The van der Waals surface area contributed by atoms with Crippen molar-refractivity contribution in [3.05, 3.63) is 0 Å². The molecule has 0 aliphatic heterocycles. The van der Waals surface area contributed by atoms with Crippen molar-refractivity contribution >= 4 is 37.8 Å². The van der Waals surface area contributed by atoms with E-state index in [2.05, 4.69) is 57.5 Å². The van der Waals surface area contributed by atoms with Crippen LogP contribution >= 0.6 is 31.9 Å². The van der Waals surface area contributed by atoms with Gasteiger partial charge in [0.15, 0.2) is 0 Å². The maximum Gasteiger partial charge on any atom is 0.222 e. The molecule has 30 heavy (non-hydrogen) atoms. The number of nitrogens with zero attached hydrogens (tertiary/aromatic N) is 1. The Hall–Kier alpha value is 0.430. The fraction of sp³-hybridized carbons (Fsp3) is 0.962. The highest BCUT2D eigenvalue weighted by Gasteiger charge is 2.15. The molecule has 0 spiro atoms. The zero-order chi connectivity index (χ0) is 22.5. The van der Waals surface area contributed by atoms with E-state index in [1.54, 1.807) is 0 Å². The minimum Gasteiger partial charge on any atom is -0.343 e. The van der Waals surface area contributed by atoms with Gasteiger partial charge >= 0.3 is 0 Å². The van der Waals surface area contributed by atoms with E-state index in [0.29, 0.717) is 15.6 Å². The largest absolute Gasteiger partial charge is 0.343 e. The standard InChI is InChI=1S/C26H51Br2NO/c1-4-7-10-11-13-16-19-24(27)25(28)20-17-14-12-15-18-21-26(30)29(22-8-5-2)23-9-6-3/h24-25H,4-23H2,1-3H3. The molecule has 0 aromatic carbocycles. The van der Waals surface area contributed by atoms with E-state index < -0.39 is 0 Å². The molecule has 0 aliphatic carbocycles. The molecule has 0 rings (SSSR count). The Kier molecular flexibility index (Phi) is 22.9. The molecule has 2 atom stereocenters. The van der Waals surface area contributed by atoms with Gasteiger partial charge in [-0.1, -0.05) is 130 Å². The topological polar surface area (TPSA) is 20.3 Å². The number of hydrogen-bond donors (Lipinski definition) is 0. The van der Waals surface area contributed by atoms with Gasteiger partial charge in [0.05, 0.1) is 0 Å². The van der Waals surface area contributed by atoms with Crippen molar-refractivity contribution in [2.45, 2.75) is 146 Å². The summed E-state index contributed by atoms with van der Waals surface area (Å²) in [6.45, 7) is 8.59. The highest BCUT2D eigenvalue weighted by atomic mass is 79.9. The van der Waals surface area contributed by atoms with Crippen LogP contribution in [0.3, 0.4) is 0 Å². The van der Waals surface area contributed by atoms with Crippen LogP contribution in [-0.4, -0.2) is 33.6 Å². The average molecular weight is 554 g/mol. The van der Waals surface area contributed by atoms with Gasteiger partial charge in [-0.2, -0.15) is 0 Å². The van der Waals surface area contributed by atoms with Crippen molar-refractivity contribution in [1.82, 2.24) is 4.90 Å². The first-order valence-corrected chi connectivity index (χ1v) is 15.0. The summed E-state index contributed by atoms with van der Waals surface area (Å²) in [7, 11) is 0. The molecule has 4 heteroatoms. The van der Waals surface area contributed by atoms with Crippen LogP contribution in [0.2, 0.25) is 0 Å². The molecule has 0 aliphatic rings. The molecule has 0 bridgehead atoms. The number of unbranched alkanes of at least 4 members (excludes halogenated alkanes) is 11. The van der Waals surface area contributed by atoms with E-state index in [0.717, 1.165) is 38.8 Å². The normalized spacial score (nSPS) is 13.4. The first-order chi connectivity index (χ1) is 14.6.